The van der Waals surface area contributed by atoms with Crippen LogP contribution in [0.4, 0.5) is 0 Å². The summed E-state index contributed by atoms with van der Waals surface area (Å²) in [6.07, 6.45) is 7.96. The summed E-state index contributed by atoms with van der Waals surface area (Å²) >= 11 is 0. The summed E-state index contributed by atoms with van der Waals surface area (Å²) in [4.78, 5) is 21.4. The van der Waals surface area contributed by atoms with E-state index in [0.717, 1.165) is 48.7 Å². The van der Waals surface area contributed by atoms with Crippen LogP contribution in [0.3, 0.4) is 0 Å². The molecule has 5 heteroatoms. The van der Waals surface area contributed by atoms with Crippen molar-refractivity contribution >= 4 is 5.91 Å². The zero-order valence-corrected chi connectivity index (χ0v) is 15.4. The van der Waals surface area contributed by atoms with Crippen LogP contribution in [0.2, 0.25) is 0 Å². The number of aromatic nitrogens is 1. The van der Waals surface area contributed by atoms with Gasteiger partial charge >= 0.3 is 0 Å². The fourth-order valence-corrected chi connectivity index (χ4v) is 4.31. The molecule has 3 heterocycles. The second-order valence-electron chi connectivity index (χ2n) is 7.71. The quantitative estimate of drug-likeness (QED) is 0.845. The molecule has 0 aliphatic carbocycles. The van der Waals surface area contributed by atoms with E-state index in [4.69, 9.17) is 4.42 Å². The van der Waals surface area contributed by atoms with E-state index >= 15 is 0 Å². The second-order valence-corrected chi connectivity index (χ2v) is 7.71. The van der Waals surface area contributed by atoms with Gasteiger partial charge in [-0.05, 0) is 50.3 Å². The summed E-state index contributed by atoms with van der Waals surface area (Å²) in [5.74, 6) is 1.67. The number of oxazole rings is 1. The first-order valence-corrected chi connectivity index (χ1v) is 9.73. The highest BCUT2D eigenvalue weighted by molar-refractivity contribution is 5.94. The number of carbonyl (C=O) groups excluding carboxylic acids is 1. The topological polar surface area (TPSA) is 49.6 Å². The first kappa shape index (κ1) is 17.3. The highest BCUT2D eigenvalue weighted by Gasteiger charge is 2.29. The van der Waals surface area contributed by atoms with Crippen LogP contribution in [-0.4, -0.2) is 52.9 Å². The SMILES string of the molecule is CC1CCCN(C2CCN(C(=O)c3ccc(-c4cnco4)cc3)CC2)C1. The van der Waals surface area contributed by atoms with E-state index in [1.165, 1.54) is 32.3 Å². The zero-order chi connectivity index (χ0) is 17.9. The summed E-state index contributed by atoms with van der Waals surface area (Å²) in [6, 6.07) is 8.28. The lowest BCUT2D eigenvalue weighted by Gasteiger charge is -2.41. The first-order valence-electron chi connectivity index (χ1n) is 9.73. The van der Waals surface area contributed by atoms with E-state index in [-0.39, 0.29) is 5.91 Å². The van der Waals surface area contributed by atoms with Crippen LogP contribution >= 0.6 is 0 Å². The molecule has 0 N–H and O–H groups in total. The Labute approximate surface area is 155 Å². The number of rotatable bonds is 3. The maximum atomic E-state index is 12.8. The molecule has 2 fully saturated rings. The minimum absolute atomic E-state index is 0.139. The number of hydrogen-bond acceptors (Lipinski definition) is 4. The van der Waals surface area contributed by atoms with Crippen molar-refractivity contribution in [3.05, 3.63) is 42.4 Å². The largest absolute Gasteiger partial charge is 0.444 e. The molecule has 1 unspecified atom stereocenters. The van der Waals surface area contributed by atoms with Crippen LogP contribution in [0.1, 0.15) is 43.0 Å². The summed E-state index contributed by atoms with van der Waals surface area (Å²) < 4.78 is 5.30. The van der Waals surface area contributed by atoms with Crippen LogP contribution in [-0.2, 0) is 0 Å². The smallest absolute Gasteiger partial charge is 0.253 e. The van der Waals surface area contributed by atoms with Crippen LogP contribution in [0, 0.1) is 5.92 Å². The molecule has 138 valence electrons. The molecule has 1 atom stereocenters. The number of benzene rings is 1. The molecule has 2 aromatic rings. The highest BCUT2D eigenvalue weighted by atomic mass is 16.3. The van der Waals surface area contributed by atoms with Crippen LogP contribution in [0.25, 0.3) is 11.3 Å². The third kappa shape index (κ3) is 3.68. The average molecular weight is 353 g/mol. The van der Waals surface area contributed by atoms with Crippen LogP contribution in [0.15, 0.2) is 41.3 Å². The standard InChI is InChI=1S/C21H27N3O2/c1-16-3-2-10-24(14-16)19-8-11-23(12-9-19)21(25)18-6-4-17(5-7-18)20-13-22-15-26-20/h4-7,13,15-16,19H,2-3,8-12,14H2,1H3. The second kappa shape index (κ2) is 7.62. The Morgan fingerprint density at radius 3 is 2.54 bits per heavy atom. The molecule has 5 nitrogen and oxygen atoms in total. The molecule has 1 aromatic carbocycles. The van der Waals surface area contributed by atoms with Crippen molar-refractivity contribution in [2.75, 3.05) is 26.2 Å². The lowest BCUT2D eigenvalue weighted by atomic mass is 9.95. The third-order valence-corrected chi connectivity index (χ3v) is 5.81. The lowest BCUT2D eigenvalue weighted by Crippen LogP contribution is -2.49. The van der Waals surface area contributed by atoms with E-state index in [1.807, 2.05) is 29.2 Å². The molecule has 1 aromatic heterocycles. The van der Waals surface area contributed by atoms with Crippen molar-refractivity contribution in [1.29, 1.82) is 0 Å². The molecule has 2 aliphatic rings. The summed E-state index contributed by atoms with van der Waals surface area (Å²) in [5.41, 5.74) is 1.69. The zero-order valence-electron chi connectivity index (χ0n) is 15.4. The van der Waals surface area contributed by atoms with Gasteiger partial charge in [-0.2, -0.15) is 0 Å². The Morgan fingerprint density at radius 2 is 1.88 bits per heavy atom. The van der Waals surface area contributed by atoms with E-state index in [2.05, 4.69) is 16.8 Å². The Balaban J connectivity index is 1.34. The van der Waals surface area contributed by atoms with Crippen molar-refractivity contribution in [1.82, 2.24) is 14.8 Å². The van der Waals surface area contributed by atoms with Gasteiger partial charge in [0.05, 0.1) is 6.20 Å². The number of hydrogen-bond donors (Lipinski definition) is 0. The normalized spacial score (nSPS) is 22.5. The van der Waals surface area contributed by atoms with Gasteiger partial charge in [0.25, 0.3) is 5.91 Å². The van der Waals surface area contributed by atoms with Crippen LogP contribution in [0.5, 0.6) is 0 Å². The number of nitrogens with zero attached hydrogens (tertiary/aromatic N) is 3. The monoisotopic (exact) mass is 353 g/mol. The maximum absolute atomic E-state index is 12.8. The van der Waals surface area contributed by atoms with E-state index in [9.17, 15) is 4.79 Å². The molecule has 1 amide bonds. The third-order valence-electron chi connectivity index (χ3n) is 5.81. The number of carbonyl (C=O) groups is 1. The minimum atomic E-state index is 0.139. The summed E-state index contributed by atoms with van der Waals surface area (Å²) in [5, 5.41) is 0. The van der Waals surface area contributed by atoms with Crippen molar-refractivity contribution in [3.63, 3.8) is 0 Å². The molecule has 2 aliphatic heterocycles. The Hall–Kier alpha value is -2.14. The van der Waals surface area contributed by atoms with E-state index in [1.54, 1.807) is 6.20 Å². The Morgan fingerprint density at radius 1 is 1.12 bits per heavy atom. The van der Waals surface area contributed by atoms with Gasteiger partial charge in [-0.1, -0.05) is 19.1 Å². The van der Waals surface area contributed by atoms with Crippen molar-refractivity contribution in [2.45, 2.75) is 38.6 Å². The predicted octanol–water partition coefficient (Wildman–Crippen LogP) is 3.68. The fraction of sp³-hybridized carbons (Fsp3) is 0.524. The van der Waals surface area contributed by atoms with Gasteiger partial charge in [0.2, 0.25) is 0 Å². The van der Waals surface area contributed by atoms with Gasteiger partial charge in [0, 0.05) is 36.8 Å². The van der Waals surface area contributed by atoms with Crippen LogP contribution < -0.4 is 0 Å². The Kier molecular flexibility index (Phi) is 5.07. The fourth-order valence-electron chi connectivity index (χ4n) is 4.31. The molecule has 0 spiro atoms. The van der Waals surface area contributed by atoms with Crippen molar-refractivity contribution in [2.24, 2.45) is 5.92 Å². The highest BCUT2D eigenvalue weighted by Crippen LogP contribution is 2.25. The van der Waals surface area contributed by atoms with Gasteiger partial charge < -0.3 is 9.32 Å². The molecule has 2 saturated heterocycles. The van der Waals surface area contributed by atoms with E-state index in [0.29, 0.717) is 6.04 Å². The number of piperidine rings is 2. The summed E-state index contributed by atoms with van der Waals surface area (Å²) in [6.45, 7) is 6.53. The minimum Gasteiger partial charge on any atom is -0.444 e. The molecule has 4 rings (SSSR count). The number of amides is 1. The van der Waals surface area contributed by atoms with Crippen molar-refractivity contribution < 1.29 is 9.21 Å². The van der Waals surface area contributed by atoms with Gasteiger partial charge in [-0.25, -0.2) is 4.98 Å². The van der Waals surface area contributed by atoms with E-state index < -0.39 is 0 Å². The number of likely N-dealkylation sites (tertiary alicyclic amines) is 2. The molecule has 0 bridgehead atoms. The van der Waals surface area contributed by atoms with Gasteiger partial charge in [0.15, 0.2) is 12.2 Å². The average Bonchev–Trinajstić information content (AvgIpc) is 3.23. The van der Waals surface area contributed by atoms with Gasteiger partial charge in [-0.3, -0.25) is 9.69 Å². The summed E-state index contributed by atoms with van der Waals surface area (Å²) in [7, 11) is 0. The lowest BCUT2D eigenvalue weighted by molar-refractivity contribution is 0.0542. The molecular formula is C21H27N3O2. The van der Waals surface area contributed by atoms with Gasteiger partial charge in [0.1, 0.15) is 0 Å². The predicted molar refractivity (Wildman–Crippen MR) is 101 cm³/mol. The Bertz CT molecular complexity index is 718. The molecule has 0 saturated carbocycles. The first-order chi connectivity index (χ1) is 12.7. The van der Waals surface area contributed by atoms with Crippen molar-refractivity contribution in [3.8, 4) is 11.3 Å². The molecular weight excluding hydrogens is 326 g/mol. The van der Waals surface area contributed by atoms with Gasteiger partial charge in [-0.15, -0.1) is 0 Å². The molecule has 26 heavy (non-hydrogen) atoms. The maximum Gasteiger partial charge on any atom is 0.253 e. The molecule has 0 radical (unpaired) electrons.